The molecule has 0 saturated carbocycles. The predicted octanol–water partition coefficient (Wildman–Crippen LogP) is 2.28. The molecule has 1 aromatic heterocycles. The molecule has 0 aromatic carbocycles. The third kappa shape index (κ3) is 2.48. The Morgan fingerprint density at radius 3 is 2.46 bits per heavy atom. The molecule has 1 nitrogen and oxygen atoms in total. The van der Waals surface area contributed by atoms with Crippen molar-refractivity contribution in [2.75, 3.05) is 0 Å². The van der Waals surface area contributed by atoms with E-state index >= 15 is 0 Å². The second-order valence-electron chi connectivity index (χ2n) is 2.42. The summed E-state index contributed by atoms with van der Waals surface area (Å²) in [6, 6.07) is 2.25. The number of terminal acetylenes is 1. The van der Waals surface area contributed by atoms with E-state index in [4.69, 9.17) is 6.42 Å². The highest BCUT2D eigenvalue weighted by atomic mass is 19.4. The Bertz CT molecular complexity index is 318. The summed E-state index contributed by atoms with van der Waals surface area (Å²) >= 11 is 0. The zero-order chi connectivity index (χ0) is 9.90. The summed E-state index contributed by atoms with van der Waals surface area (Å²) in [6.07, 6.45) is 1.67. The standard InChI is InChI=1S/C9H6F3N/c1-2-3-8-5-4-7(6-13-8)9(10,11)12/h1,4-6H,3H2. The number of rotatable bonds is 1. The zero-order valence-electron chi connectivity index (χ0n) is 6.60. The third-order valence-corrected chi connectivity index (χ3v) is 1.44. The van der Waals surface area contributed by atoms with Crippen LogP contribution in [0, 0.1) is 12.3 Å². The molecule has 0 radical (unpaired) electrons. The molecule has 4 heteroatoms. The number of aromatic nitrogens is 1. The summed E-state index contributed by atoms with van der Waals surface area (Å²) in [4.78, 5) is 3.57. The van der Waals surface area contributed by atoms with Crippen molar-refractivity contribution in [3.8, 4) is 12.3 Å². The maximum atomic E-state index is 12.0. The number of nitrogens with zero attached hydrogens (tertiary/aromatic N) is 1. The number of hydrogen-bond acceptors (Lipinski definition) is 1. The van der Waals surface area contributed by atoms with Crippen molar-refractivity contribution in [1.29, 1.82) is 0 Å². The van der Waals surface area contributed by atoms with E-state index in [0.717, 1.165) is 12.3 Å². The van der Waals surface area contributed by atoms with Crippen LogP contribution in [0.2, 0.25) is 0 Å². The van der Waals surface area contributed by atoms with Crippen LogP contribution in [0.25, 0.3) is 0 Å². The van der Waals surface area contributed by atoms with Crippen molar-refractivity contribution in [2.45, 2.75) is 12.6 Å². The summed E-state index contributed by atoms with van der Waals surface area (Å²) < 4.78 is 36.1. The Hall–Kier alpha value is -1.50. The van der Waals surface area contributed by atoms with Gasteiger partial charge < -0.3 is 0 Å². The van der Waals surface area contributed by atoms with Gasteiger partial charge in [-0.2, -0.15) is 13.2 Å². The maximum absolute atomic E-state index is 12.0. The average molecular weight is 185 g/mol. The summed E-state index contributed by atoms with van der Waals surface area (Å²) in [7, 11) is 0. The Labute approximate surface area is 73.6 Å². The Morgan fingerprint density at radius 2 is 2.08 bits per heavy atom. The highest BCUT2D eigenvalue weighted by Crippen LogP contribution is 2.28. The molecule has 13 heavy (non-hydrogen) atoms. The molecule has 0 amide bonds. The first kappa shape index (κ1) is 9.59. The molecule has 0 N–H and O–H groups in total. The van der Waals surface area contributed by atoms with Crippen LogP contribution in [-0.4, -0.2) is 4.98 Å². The van der Waals surface area contributed by atoms with Crippen LogP contribution >= 0.6 is 0 Å². The van der Waals surface area contributed by atoms with Crippen LogP contribution < -0.4 is 0 Å². The van der Waals surface area contributed by atoms with Gasteiger partial charge in [0.1, 0.15) is 0 Å². The predicted molar refractivity (Wildman–Crippen MR) is 41.8 cm³/mol. The molecule has 0 aliphatic carbocycles. The second kappa shape index (κ2) is 3.48. The van der Waals surface area contributed by atoms with E-state index < -0.39 is 11.7 Å². The minimum Gasteiger partial charge on any atom is -0.260 e. The van der Waals surface area contributed by atoms with Gasteiger partial charge in [0.15, 0.2) is 0 Å². The van der Waals surface area contributed by atoms with Crippen LogP contribution in [0.1, 0.15) is 11.3 Å². The van der Waals surface area contributed by atoms with E-state index in [0.29, 0.717) is 5.69 Å². The molecule has 0 bridgehead atoms. The summed E-state index contributed by atoms with van der Waals surface area (Å²) in [5.41, 5.74) is -0.288. The number of alkyl halides is 3. The van der Waals surface area contributed by atoms with Gasteiger partial charge in [0.25, 0.3) is 0 Å². The molecular formula is C9H6F3N. The summed E-state index contributed by atoms with van der Waals surface area (Å²) in [5, 5.41) is 0. The number of hydrogen-bond donors (Lipinski definition) is 0. The third-order valence-electron chi connectivity index (χ3n) is 1.44. The topological polar surface area (TPSA) is 12.9 Å². The highest BCUT2D eigenvalue weighted by molar-refractivity contribution is 5.19. The van der Waals surface area contributed by atoms with Crippen molar-refractivity contribution >= 4 is 0 Å². The lowest BCUT2D eigenvalue weighted by molar-refractivity contribution is -0.137. The molecule has 1 heterocycles. The van der Waals surface area contributed by atoms with Gasteiger partial charge in [-0.25, -0.2) is 0 Å². The molecule has 68 valence electrons. The van der Waals surface area contributed by atoms with Crippen LogP contribution in [0.15, 0.2) is 18.3 Å². The average Bonchev–Trinajstić information content (AvgIpc) is 2.04. The molecule has 0 fully saturated rings. The van der Waals surface area contributed by atoms with Gasteiger partial charge in [-0.15, -0.1) is 12.3 Å². The molecule has 0 atom stereocenters. The fraction of sp³-hybridized carbons (Fsp3) is 0.222. The van der Waals surface area contributed by atoms with Gasteiger partial charge in [-0.1, -0.05) is 0 Å². The fourth-order valence-corrected chi connectivity index (χ4v) is 0.801. The lowest BCUT2D eigenvalue weighted by atomic mass is 10.2. The normalized spacial score (nSPS) is 10.9. The smallest absolute Gasteiger partial charge is 0.260 e. The van der Waals surface area contributed by atoms with E-state index in [9.17, 15) is 13.2 Å². The molecule has 0 aliphatic rings. The molecule has 1 rings (SSSR count). The summed E-state index contributed by atoms with van der Waals surface area (Å²) in [6.45, 7) is 0. The molecule has 0 unspecified atom stereocenters. The number of pyridine rings is 1. The number of halogens is 3. The van der Waals surface area contributed by atoms with Crippen LogP contribution in [0.5, 0.6) is 0 Å². The first-order chi connectivity index (χ1) is 6.04. The van der Waals surface area contributed by atoms with Gasteiger partial charge in [0, 0.05) is 6.20 Å². The van der Waals surface area contributed by atoms with Crippen molar-refractivity contribution < 1.29 is 13.2 Å². The molecular weight excluding hydrogens is 179 g/mol. The lowest BCUT2D eigenvalue weighted by Crippen LogP contribution is -2.05. The SMILES string of the molecule is C#CCc1ccc(C(F)(F)F)cn1. The molecule has 0 aliphatic heterocycles. The van der Waals surface area contributed by atoms with Crippen molar-refractivity contribution in [3.63, 3.8) is 0 Å². The van der Waals surface area contributed by atoms with Gasteiger partial charge in [-0.05, 0) is 12.1 Å². The first-order valence-corrected chi connectivity index (χ1v) is 3.49. The Kier molecular flexibility index (Phi) is 2.57. The van der Waals surface area contributed by atoms with E-state index in [1.165, 1.54) is 6.07 Å². The monoisotopic (exact) mass is 185 g/mol. The largest absolute Gasteiger partial charge is 0.417 e. The van der Waals surface area contributed by atoms with Crippen molar-refractivity contribution in [2.24, 2.45) is 0 Å². The van der Waals surface area contributed by atoms with Crippen molar-refractivity contribution in [3.05, 3.63) is 29.6 Å². The van der Waals surface area contributed by atoms with Crippen LogP contribution in [0.4, 0.5) is 13.2 Å². The van der Waals surface area contributed by atoms with Crippen molar-refractivity contribution in [1.82, 2.24) is 4.98 Å². The first-order valence-electron chi connectivity index (χ1n) is 3.49. The van der Waals surface area contributed by atoms with E-state index in [-0.39, 0.29) is 6.42 Å². The molecule has 0 saturated heterocycles. The van der Waals surface area contributed by atoms with Crippen LogP contribution in [0.3, 0.4) is 0 Å². The fourth-order valence-electron chi connectivity index (χ4n) is 0.801. The second-order valence-corrected chi connectivity index (χ2v) is 2.42. The Balaban J connectivity index is 2.89. The zero-order valence-corrected chi connectivity index (χ0v) is 6.60. The minimum atomic E-state index is -4.33. The van der Waals surface area contributed by atoms with E-state index in [1.54, 1.807) is 0 Å². The molecule has 0 spiro atoms. The minimum absolute atomic E-state index is 0.248. The van der Waals surface area contributed by atoms with E-state index in [1.807, 2.05) is 0 Å². The maximum Gasteiger partial charge on any atom is 0.417 e. The Morgan fingerprint density at radius 1 is 1.38 bits per heavy atom. The van der Waals surface area contributed by atoms with E-state index in [2.05, 4.69) is 10.9 Å². The van der Waals surface area contributed by atoms with Gasteiger partial charge >= 0.3 is 6.18 Å². The highest BCUT2D eigenvalue weighted by Gasteiger charge is 2.30. The summed E-state index contributed by atoms with van der Waals surface area (Å²) in [5.74, 6) is 2.30. The van der Waals surface area contributed by atoms with Gasteiger partial charge in [-0.3, -0.25) is 4.98 Å². The van der Waals surface area contributed by atoms with Gasteiger partial charge in [0.05, 0.1) is 17.7 Å². The quantitative estimate of drug-likeness (QED) is 0.611. The van der Waals surface area contributed by atoms with Crippen LogP contribution in [-0.2, 0) is 12.6 Å². The molecule has 1 aromatic rings. The lowest BCUT2D eigenvalue weighted by Gasteiger charge is -2.05. The van der Waals surface area contributed by atoms with Gasteiger partial charge in [0.2, 0.25) is 0 Å².